The van der Waals surface area contributed by atoms with E-state index in [2.05, 4.69) is 9.52 Å². The molecule has 0 aliphatic heterocycles. The molecule has 1 aromatic heterocycles. The van der Waals surface area contributed by atoms with Crippen LogP contribution in [0.4, 0.5) is 13.2 Å². The molecular weight excluding hydrogens is 191 g/mol. The average molecular weight is 197 g/mol. The number of rotatable bonds is 2. The molecule has 0 saturated carbocycles. The number of nitrogens with zero attached hydrogens (tertiary/aromatic N) is 2. The third-order valence-electron chi connectivity index (χ3n) is 1.15. The molecule has 0 amide bonds. The molecule has 8 heteroatoms. The molecule has 1 rings (SSSR count). The molecule has 0 fully saturated rings. The van der Waals surface area contributed by atoms with E-state index in [0.717, 1.165) is 0 Å². The molecule has 2 N–H and O–H groups in total. The van der Waals surface area contributed by atoms with E-state index in [1.54, 1.807) is 0 Å². The van der Waals surface area contributed by atoms with Gasteiger partial charge in [0.2, 0.25) is 5.89 Å². The van der Waals surface area contributed by atoms with Gasteiger partial charge in [-0.15, -0.1) is 5.10 Å². The predicted octanol–water partition coefficient (Wildman–Crippen LogP) is -0.143. The van der Waals surface area contributed by atoms with E-state index in [1.165, 1.54) is 0 Å². The molecule has 0 aromatic carbocycles. The van der Waals surface area contributed by atoms with Crippen molar-refractivity contribution < 1.29 is 17.6 Å². The lowest BCUT2D eigenvalue weighted by molar-refractivity contribution is -0.143. The van der Waals surface area contributed by atoms with Crippen LogP contribution in [0.2, 0.25) is 0 Å². The van der Waals surface area contributed by atoms with Crippen molar-refractivity contribution in [2.24, 2.45) is 5.73 Å². The number of hydrogen-bond acceptors (Lipinski definition) is 4. The Morgan fingerprint density at radius 3 is 2.54 bits per heavy atom. The van der Waals surface area contributed by atoms with Crippen LogP contribution < -0.4 is 11.5 Å². The highest BCUT2D eigenvalue weighted by molar-refractivity contribution is 4.72. The van der Waals surface area contributed by atoms with Gasteiger partial charge in [0.25, 0.3) is 0 Å². The normalized spacial score (nSPS) is 12.0. The molecule has 0 atom stereocenters. The molecule has 0 aliphatic carbocycles. The SMILES string of the molecule is NCc1nn(CC(F)(F)F)c(=O)o1. The van der Waals surface area contributed by atoms with Crippen LogP contribution in [0, 0.1) is 0 Å². The standard InChI is InChI=1S/C5H6F3N3O2/c6-5(7,8)2-11-4(12)13-3(1-9)10-11/h1-2,9H2. The van der Waals surface area contributed by atoms with Crippen molar-refractivity contribution in [3.8, 4) is 0 Å². The van der Waals surface area contributed by atoms with Gasteiger partial charge in [0.1, 0.15) is 6.54 Å². The maximum absolute atomic E-state index is 11.8. The second kappa shape index (κ2) is 3.21. The average Bonchev–Trinajstić information content (AvgIpc) is 2.29. The Kier molecular flexibility index (Phi) is 2.41. The maximum Gasteiger partial charge on any atom is 0.437 e. The summed E-state index contributed by atoms with van der Waals surface area (Å²) in [6.45, 7) is -1.67. The Hall–Kier alpha value is -1.31. The summed E-state index contributed by atoms with van der Waals surface area (Å²) in [6, 6.07) is 0. The minimum Gasteiger partial charge on any atom is -0.391 e. The first-order valence-electron chi connectivity index (χ1n) is 3.26. The highest BCUT2D eigenvalue weighted by atomic mass is 19.4. The van der Waals surface area contributed by atoms with E-state index in [-0.39, 0.29) is 17.1 Å². The van der Waals surface area contributed by atoms with Gasteiger partial charge in [-0.25, -0.2) is 4.79 Å². The molecule has 0 aliphatic rings. The van der Waals surface area contributed by atoms with Crippen LogP contribution in [-0.2, 0) is 13.1 Å². The molecular formula is C5H6F3N3O2. The number of alkyl halides is 3. The van der Waals surface area contributed by atoms with Gasteiger partial charge in [-0.2, -0.15) is 17.9 Å². The Morgan fingerprint density at radius 1 is 1.54 bits per heavy atom. The van der Waals surface area contributed by atoms with Gasteiger partial charge >= 0.3 is 11.9 Å². The second-order valence-corrected chi connectivity index (χ2v) is 2.24. The Morgan fingerprint density at radius 2 is 2.15 bits per heavy atom. The molecule has 74 valence electrons. The van der Waals surface area contributed by atoms with E-state index in [9.17, 15) is 18.0 Å². The Balaban J connectivity index is 2.89. The van der Waals surface area contributed by atoms with Crippen molar-refractivity contribution in [2.45, 2.75) is 19.3 Å². The number of hydrogen-bond donors (Lipinski definition) is 1. The van der Waals surface area contributed by atoms with Crippen molar-refractivity contribution in [1.29, 1.82) is 0 Å². The maximum atomic E-state index is 11.8. The molecule has 13 heavy (non-hydrogen) atoms. The monoisotopic (exact) mass is 197 g/mol. The molecule has 0 radical (unpaired) electrons. The van der Waals surface area contributed by atoms with Crippen LogP contribution >= 0.6 is 0 Å². The van der Waals surface area contributed by atoms with Crippen LogP contribution in [-0.4, -0.2) is 16.0 Å². The summed E-state index contributed by atoms with van der Waals surface area (Å²) in [5.41, 5.74) is 5.01. The van der Waals surface area contributed by atoms with Crippen molar-refractivity contribution in [2.75, 3.05) is 0 Å². The van der Waals surface area contributed by atoms with Gasteiger partial charge in [-0.3, -0.25) is 0 Å². The highest BCUT2D eigenvalue weighted by Gasteiger charge is 2.30. The number of halogens is 3. The van der Waals surface area contributed by atoms with E-state index in [0.29, 0.717) is 0 Å². The summed E-state index contributed by atoms with van der Waals surface area (Å²) in [7, 11) is 0. The van der Waals surface area contributed by atoms with Crippen molar-refractivity contribution in [1.82, 2.24) is 9.78 Å². The summed E-state index contributed by atoms with van der Waals surface area (Å²) >= 11 is 0. The van der Waals surface area contributed by atoms with Crippen LogP contribution in [0.25, 0.3) is 0 Å². The number of nitrogens with two attached hydrogens (primary N) is 1. The number of aromatic nitrogens is 2. The zero-order chi connectivity index (χ0) is 10.1. The largest absolute Gasteiger partial charge is 0.437 e. The topological polar surface area (TPSA) is 74.0 Å². The zero-order valence-electron chi connectivity index (χ0n) is 6.34. The molecule has 0 saturated heterocycles. The van der Waals surface area contributed by atoms with Crippen LogP contribution in [0.1, 0.15) is 5.89 Å². The summed E-state index contributed by atoms with van der Waals surface area (Å²) in [6.07, 6.45) is -4.49. The second-order valence-electron chi connectivity index (χ2n) is 2.24. The molecule has 0 bridgehead atoms. The van der Waals surface area contributed by atoms with Crippen molar-refractivity contribution in [3.63, 3.8) is 0 Å². The molecule has 0 spiro atoms. The molecule has 1 aromatic rings. The predicted molar refractivity (Wildman–Crippen MR) is 34.7 cm³/mol. The van der Waals surface area contributed by atoms with E-state index < -0.39 is 18.5 Å². The fourth-order valence-electron chi connectivity index (χ4n) is 0.702. The fraction of sp³-hybridized carbons (Fsp3) is 0.600. The fourth-order valence-corrected chi connectivity index (χ4v) is 0.702. The van der Waals surface area contributed by atoms with Gasteiger partial charge in [0.05, 0.1) is 6.54 Å². The highest BCUT2D eigenvalue weighted by Crippen LogP contribution is 2.15. The minimum absolute atomic E-state index is 0.183. The summed E-state index contributed by atoms with van der Waals surface area (Å²) in [4.78, 5) is 10.7. The third kappa shape index (κ3) is 2.58. The van der Waals surface area contributed by atoms with E-state index in [4.69, 9.17) is 5.73 Å². The minimum atomic E-state index is -4.49. The first kappa shape index (κ1) is 9.78. The summed E-state index contributed by atoms with van der Waals surface area (Å²) in [5.74, 6) is -1.37. The zero-order valence-corrected chi connectivity index (χ0v) is 6.34. The van der Waals surface area contributed by atoms with Gasteiger partial charge in [-0.1, -0.05) is 0 Å². The lowest BCUT2D eigenvalue weighted by Crippen LogP contribution is -2.26. The lowest BCUT2D eigenvalue weighted by Gasteiger charge is -2.02. The summed E-state index contributed by atoms with van der Waals surface area (Å²) < 4.78 is 39.7. The first-order chi connectivity index (χ1) is 5.92. The van der Waals surface area contributed by atoms with Crippen molar-refractivity contribution >= 4 is 0 Å². The molecule has 1 heterocycles. The van der Waals surface area contributed by atoms with Crippen LogP contribution in [0.3, 0.4) is 0 Å². The molecule has 5 nitrogen and oxygen atoms in total. The van der Waals surface area contributed by atoms with Gasteiger partial charge in [-0.05, 0) is 0 Å². The van der Waals surface area contributed by atoms with Crippen molar-refractivity contribution in [3.05, 3.63) is 16.4 Å². The Bertz CT molecular complexity index is 340. The van der Waals surface area contributed by atoms with E-state index in [1.807, 2.05) is 0 Å². The van der Waals surface area contributed by atoms with E-state index >= 15 is 0 Å². The lowest BCUT2D eigenvalue weighted by atomic mass is 10.6. The Labute approximate surface area is 69.9 Å². The first-order valence-corrected chi connectivity index (χ1v) is 3.26. The van der Waals surface area contributed by atoms with Gasteiger partial charge < -0.3 is 10.2 Å². The van der Waals surface area contributed by atoms with Crippen LogP contribution in [0.5, 0.6) is 0 Å². The van der Waals surface area contributed by atoms with Gasteiger partial charge in [0.15, 0.2) is 0 Å². The summed E-state index contributed by atoms with van der Waals surface area (Å²) in [5, 5.41) is 3.21. The third-order valence-corrected chi connectivity index (χ3v) is 1.15. The van der Waals surface area contributed by atoms with Crippen LogP contribution in [0.15, 0.2) is 9.21 Å². The quantitative estimate of drug-likeness (QED) is 0.715. The van der Waals surface area contributed by atoms with Gasteiger partial charge in [0, 0.05) is 0 Å². The molecule has 0 unspecified atom stereocenters. The smallest absolute Gasteiger partial charge is 0.391 e.